The van der Waals surface area contributed by atoms with Crippen LogP contribution in [0.25, 0.3) is 0 Å². The van der Waals surface area contributed by atoms with E-state index in [0.717, 1.165) is 0 Å². The lowest BCUT2D eigenvalue weighted by Gasteiger charge is -2.10. The molecular weight excluding hydrogens is 235 g/mol. The number of aromatic nitrogens is 2. The van der Waals surface area contributed by atoms with Crippen molar-refractivity contribution in [1.82, 2.24) is 9.78 Å². The fourth-order valence-corrected chi connectivity index (χ4v) is 0.800. The highest BCUT2D eigenvalue weighted by Crippen LogP contribution is 2.33. The van der Waals surface area contributed by atoms with Gasteiger partial charge in [0.2, 0.25) is 5.88 Å². The Balaban J connectivity index is 3.06. The number of rotatable bonds is 2. The highest BCUT2D eigenvalue weighted by Gasteiger charge is 2.37. The van der Waals surface area contributed by atoms with Crippen LogP contribution in [0.15, 0.2) is 0 Å². The summed E-state index contributed by atoms with van der Waals surface area (Å²) in [6.07, 6.45) is -3.33. The maximum atomic E-state index is 12.0. The van der Waals surface area contributed by atoms with Crippen LogP contribution in [0, 0.1) is 6.20 Å². The van der Waals surface area contributed by atoms with Gasteiger partial charge in [0.15, 0.2) is 0 Å². The van der Waals surface area contributed by atoms with E-state index in [4.69, 9.17) is 11.6 Å². The largest absolute Gasteiger partial charge is 0.507 e. The fraction of sp³-hybridized carbons (Fsp3) is 0.400. The number of nitrogens with zero attached hydrogens (tertiary/aromatic N) is 2. The molecular formula is C5HClF5N2O. The molecule has 0 saturated carbocycles. The molecule has 79 valence electrons. The standard InChI is InChI=1S/C5HClF5N2O/c6-2-1-12-13(5(9,10)11)3(2)14-4(7)8/h4H. The Morgan fingerprint density at radius 2 is 2.00 bits per heavy atom. The molecule has 9 heteroatoms. The monoisotopic (exact) mass is 235 g/mol. The van der Waals surface area contributed by atoms with Crippen LogP contribution >= 0.6 is 11.6 Å². The summed E-state index contributed by atoms with van der Waals surface area (Å²) in [5.74, 6) is -1.28. The summed E-state index contributed by atoms with van der Waals surface area (Å²) in [6, 6.07) is 0. The normalized spacial score (nSPS) is 12.2. The summed E-state index contributed by atoms with van der Waals surface area (Å²) in [5.41, 5.74) is 0. The van der Waals surface area contributed by atoms with Crippen LogP contribution in [0.3, 0.4) is 0 Å². The van der Waals surface area contributed by atoms with Gasteiger partial charge >= 0.3 is 12.9 Å². The number of alkyl halides is 5. The number of ether oxygens (including phenoxy) is 1. The zero-order chi connectivity index (χ0) is 10.9. The Labute approximate surface area is 79.0 Å². The maximum absolute atomic E-state index is 12.0. The molecule has 0 aromatic carbocycles. The summed E-state index contributed by atoms with van der Waals surface area (Å²) >= 11 is 5.10. The molecule has 3 nitrogen and oxygen atoms in total. The van der Waals surface area contributed by atoms with Crippen molar-refractivity contribution < 1.29 is 26.7 Å². The highest BCUT2D eigenvalue weighted by molar-refractivity contribution is 6.31. The first-order valence-electron chi connectivity index (χ1n) is 3.00. The number of hydrogen-bond acceptors (Lipinski definition) is 2. The van der Waals surface area contributed by atoms with Crippen molar-refractivity contribution in [3.63, 3.8) is 0 Å². The van der Waals surface area contributed by atoms with E-state index in [2.05, 4.69) is 9.84 Å². The van der Waals surface area contributed by atoms with Gasteiger partial charge in [-0.3, -0.25) is 0 Å². The Morgan fingerprint density at radius 1 is 1.43 bits per heavy atom. The zero-order valence-electron chi connectivity index (χ0n) is 6.15. The molecule has 0 saturated heterocycles. The minimum absolute atomic E-state index is 0.735. The lowest BCUT2D eigenvalue weighted by molar-refractivity contribution is -0.218. The molecule has 1 aromatic heterocycles. The van der Waals surface area contributed by atoms with Gasteiger partial charge < -0.3 is 4.74 Å². The summed E-state index contributed by atoms with van der Waals surface area (Å²) < 4.78 is 62.1. The average Bonchev–Trinajstić information content (AvgIpc) is 2.30. The second-order valence-electron chi connectivity index (χ2n) is 1.99. The van der Waals surface area contributed by atoms with E-state index in [0.29, 0.717) is 0 Å². The molecule has 0 fully saturated rings. The second-order valence-corrected chi connectivity index (χ2v) is 2.37. The Morgan fingerprint density at radius 3 is 2.43 bits per heavy atom. The van der Waals surface area contributed by atoms with Crippen molar-refractivity contribution in [3.8, 4) is 5.88 Å². The van der Waals surface area contributed by atoms with Crippen LogP contribution in [0.5, 0.6) is 5.88 Å². The number of halogens is 6. The molecule has 0 N–H and O–H groups in total. The third-order valence-electron chi connectivity index (χ3n) is 1.07. The van der Waals surface area contributed by atoms with Crippen molar-refractivity contribution in [2.24, 2.45) is 0 Å². The molecule has 0 atom stereocenters. The molecule has 0 unspecified atom stereocenters. The van der Waals surface area contributed by atoms with E-state index >= 15 is 0 Å². The minimum atomic E-state index is -4.98. The smallest absolute Gasteiger partial charge is 0.415 e. The van der Waals surface area contributed by atoms with Crippen molar-refractivity contribution in [3.05, 3.63) is 11.2 Å². The molecule has 1 aromatic rings. The maximum Gasteiger partial charge on any atom is 0.507 e. The van der Waals surface area contributed by atoms with Crippen molar-refractivity contribution in [2.75, 3.05) is 0 Å². The van der Waals surface area contributed by atoms with Crippen LogP contribution in [0.4, 0.5) is 22.0 Å². The van der Waals surface area contributed by atoms with E-state index in [1.807, 2.05) is 0 Å². The quantitative estimate of drug-likeness (QED) is 0.736. The van der Waals surface area contributed by atoms with Gasteiger partial charge in [-0.2, -0.15) is 13.9 Å². The predicted molar refractivity (Wildman–Crippen MR) is 34.0 cm³/mol. The molecule has 0 bridgehead atoms. The van der Waals surface area contributed by atoms with Gasteiger partial charge in [0.05, 0.1) is 0 Å². The van der Waals surface area contributed by atoms with Gasteiger partial charge in [-0.15, -0.1) is 17.9 Å². The van der Waals surface area contributed by atoms with Gasteiger partial charge in [-0.05, 0) is 0 Å². The first-order valence-corrected chi connectivity index (χ1v) is 3.38. The van der Waals surface area contributed by atoms with Crippen LogP contribution in [-0.2, 0) is 6.30 Å². The Hall–Kier alpha value is -1.05. The van der Waals surface area contributed by atoms with Gasteiger partial charge in [0, 0.05) is 0 Å². The molecule has 0 amide bonds. The van der Waals surface area contributed by atoms with E-state index in [1.165, 1.54) is 0 Å². The lowest BCUT2D eigenvalue weighted by atomic mass is 10.7. The first-order chi connectivity index (χ1) is 6.32. The van der Waals surface area contributed by atoms with Crippen LogP contribution in [-0.4, -0.2) is 16.4 Å². The van der Waals surface area contributed by atoms with E-state index < -0.39 is 28.5 Å². The molecule has 0 spiro atoms. The predicted octanol–water partition coefficient (Wildman–Crippen LogP) is 2.41. The molecule has 0 aliphatic heterocycles. The van der Waals surface area contributed by atoms with Gasteiger partial charge in [-0.1, -0.05) is 11.6 Å². The van der Waals surface area contributed by atoms with E-state index in [-0.39, 0.29) is 0 Å². The zero-order valence-corrected chi connectivity index (χ0v) is 6.90. The van der Waals surface area contributed by atoms with Gasteiger partial charge in [-0.25, -0.2) is 0 Å². The minimum Gasteiger partial charge on any atom is -0.415 e. The van der Waals surface area contributed by atoms with Crippen LogP contribution in [0.2, 0.25) is 5.02 Å². The van der Waals surface area contributed by atoms with Crippen molar-refractivity contribution in [1.29, 1.82) is 0 Å². The highest BCUT2D eigenvalue weighted by atomic mass is 35.5. The first kappa shape index (κ1) is 11.0. The Bertz CT molecular complexity index is 322. The lowest BCUT2D eigenvalue weighted by Crippen LogP contribution is -2.20. The summed E-state index contributed by atoms with van der Waals surface area (Å²) in [4.78, 5) is 0. The molecule has 0 aliphatic rings. The average molecular weight is 236 g/mol. The van der Waals surface area contributed by atoms with Gasteiger partial charge in [0.1, 0.15) is 11.2 Å². The molecule has 1 rings (SSSR count). The summed E-state index contributed by atoms with van der Waals surface area (Å²) in [6.45, 7) is -3.42. The third kappa shape index (κ3) is 2.25. The molecule has 14 heavy (non-hydrogen) atoms. The Kier molecular flexibility index (Phi) is 2.84. The topological polar surface area (TPSA) is 27.1 Å². The fourth-order valence-electron chi connectivity index (χ4n) is 0.638. The van der Waals surface area contributed by atoms with E-state index in [1.54, 1.807) is 6.20 Å². The summed E-state index contributed by atoms with van der Waals surface area (Å²) in [7, 11) is 0. The van der Waals surface area contributed by atoms with E-state index in [9.17, 15) is 22.0 Å². The van der Waals surface area contributed by atoms with Crippen molar-refractivity contribution >= 4 is 11.6 Å². The number of hydrogen-bond donors (Lipinski definition) is 0. The second kappa shape index (κ2) is 3.60. The molecule has 1 heterocycles. The van der Waals surface area contributed by atoms with Crippen LogP contribution in [0.1, 0.15) is 0 Å². The van der Waals surface area contributed by atoms with Crippen molar-refractivity contribution in [2.45, 2.75) is 12.9 Å². The molecule has 0 aliphatic carbocycles. The SMILES string of the molecule is FC(F)Oc1c(Cl)[c]nn1C(F)(F)F. The van der Waals surface area contributed by atoms with Gasteiger partial charge in [0.25, 0.3) is 0 Å². The van der Waals surface area contributed by atoms with Crippen LogP contribution < -0.4 is 4.74 Å². The molecule has 1 radical (unpaired) electrons. The third-order valence-corrected chi connectivity index (χ3v) is 1.32. The summed E-state index contributed by atoms with van der Waals surface area (Å²) in [5, 5.41) is 1.85.